The lowest BCUT2D eigenvalue weighted by atomic mass is 10.0. The van der Waals surface area contributed by atoms with E-state index in [1.807, 2.05) is 19.1 Å². The molecule has 0 aliphatic rings. The molecule has 1 N–H and O–H groups in total. The third-order valence-electron chi connectivity index (χ3n) is 3.36. The molecule has 0 bridgehead atoms. The fourth-order valence-corrected chi connectivity index (χ4v) is 2.27. The van der Waals surface area contributed by atoms with Crippen molar-refractivity contribution in [2.24, 2.45) is 0 Å². The van der Waals surface area contributed by atoms with Gasteiger partial charge in [-0.2, -0.15) is 0 Å². The van der Waals surface area contributed by atoms with Crippen LogP contribution >= 0.6 is 11.6 Å². The first-order chi connectivity index (χ1) is 11.0. The summed E-state index contributed by atoms with van der Waals surface area (Å²) in [5, 5.41) is 7.49. The van der Waals surface area contributed by atoms with Crippen molar-refractivity contribution in [3.63, 3.8) is 0 Å². The quantitative estimate of drug-likeness (QED) is 0.878. The van der Waals surface area contributed by atoms with Gasteiger partial charge in [0, 0.05) is 17.2 Å². The van der Waals surface area contributed by atoms with Gasteiger partial charge < -0.3 is 10.1 Å². The topological polar surface area (TPSA) is 73.2 Å². The van der Waals surface area contributed by atoms with E-state index in [0.717, 1.165) is 10.2 Å². The predicted molar refractivity (Wildman–Crippen MR) is 87.7 cm³/mol. The van der Waals surface area contributed by atoms with Crippen molar-refractivity contribution in [3.8, 4) is 5.88 Å². The number of halogens is 1. The molecule has 122 valence electrons. The Labute approximate surface area is 139 Å². The molecule has 7 heteroatoms. The summed E-state index contributed by atoms with van der Waals surface area (Å²) in [6, 6.07) is 9.91. The highest BCUT2D eigenvalue weighted by Crippen LogP contribution is 2.19. The van der Waals surface area contributed by atoms with Crippen molar-refractivity contribution in [2.45, 2.75) is 25.9 Å². The smallest absolute Gasteiger partial charge is 0.267 e. The van der Waals surface area contributed by atoms with E-state index in [0.29, 0.717) is 11.4 Å². The van der Waals surface area contributed by atoms with E-state index in [1.165, 1.54) is 19.2 Å². The number of benzene rings is 1. The van der Waals surface area contributed by atoms with Gasteiger partial charge in [-0.05, 0) is 24.1 Å². The van der Waals surface area contributed by atoms with Crippen molar-refractivity contribution in [3.05, 3.63) is 57.3 Å². The molecule has 1 aromatic carbocycles. The summed E-state index contributed by atoms with van der Waals surface area (Å²) in [4.78, 5) is 23.9. The molecule has 0 saturated carbocycles. The lowest BCUT2D eigenvalue weighted by molar-refractivity contribution is -0.122. The number of carbonyl (C=O) groups is 1. The highest BCUT2D eigenvalue weighted by molar-refractivity contribution is 6.30. The molecule has 0 fully saturated rings. The summed E-state index contributed by atoms with van der Waals surface area (Å²) in [7, 11) is 1.45. The molecule has 2 aromatic rings. The van der Waals surface area contributed by atoms with Crippen LogP contribution in [0.1, 0.15) is 24.9 Å². The first kappa shape index (κ1) is 17.0. The monoisotopic (exact) mass is 335 g/mol. The van der Waals surface area contributed by atoms with Gasteiger partial charge in [0.1, 0.15) is 6.54 Å². The van der Waals surface area contributed by atoms with E-state index in [4.69, 9.17) is 16.3 Å². The van der Waals surface area contributed by atoms with Crippen LogP contribution in [-0.4, -0.2) is 22.8 Å². The maximum atomic E-state index is 12.2. The maximum Gasteiger partial charge on any atom is 0.267 e. The molecular formula is C16H18ClN3O3. The number of nitrogens with one attached hydrogen (secondary N) is 1. The van der Waals surface area contributed by atoms with Crippen LogP contribution in [0.2, 0.25) is 5.02 Å². The minimum atomic E-state index is -0.361. The Hall–Kier alpha value is -2.34. The third-order valence-corrected chi connectivity index (χ3v) is 3.61. The maximum absolute atomic E-state index is 12.2. The largest absolute Gasteiger partial charge is 0.480 e. The van der Waals surface area contributed by atoms with E-state index < -0.39 is 0 Å². The summed E-state index contributed by atoms with van der Waals surface area (Å²) in [6.07, 6.45) is 0.716. The molecular weight excluding hydrogens is 318 g/mol. The zero-order chi connectivity index (χ0) is 16.8. The summed E-state index contributed by atoms with van der Waals surface area (Å²) in [5.74, 6) is -0.0169. The minimum absolute atomic E-state index is 0.152. The van der Waals surface area contributed by atoms with Crippen molar-refractivity contribution in [1.29, 1.82) is 0 Å². The van der Waals surface area contributed by atoms with Crippen LogP contribution in [0, 0.1) is 0 Å². The molecule has 1 heterocycles. The Morgan fingerprint density at radius 2 is 2.00 bits per heavy atom. The van der Waals surface area contributed by atoms with Crippen LogP contribution in [0.15, 0.2) is 41.2 Å². The number of aromatic nitrogens is 2. The van der Waals surface area contributed by atoms with Gasteiger partial charge in [0.15, 0.2) is 0 Å². The highest BCUT2D eigenvalue weighted by Gasteiger charge is 2.14. The molecule has 0 saturated heterocycles. The predicted octanol–water partition coefficient (Wildman–Crippen LogP) is 2.17. The van der Waals surface area contributed by atoms with Gasteiger partial charge in [0.25, 0.3) is 5.56 Å². The lowest BCUT2D eigenvalue weighted by Gasteiger charge is -2.17. The van der Waals surface area contributed by atoms with Gasteiger partial charge in [0.2, 0.25) is 11.8 Å². The van der Waals surface area contributed by atoms with Gasteiger partial charge in [-0.1, -0.05) is 30.7 Å². The SMILES string of the molecule is CCC(NC(=O)Cn1nc(OC)ccc1=O)c1ccc(Cl)cc1. The van der Waals surface area contributed by atoms with E-state index >= 15 is 0 Å². The number of ether oxygens (including phenoxy) is 1. The number of rotatable bonds is 6. The summed E-state index contributed by atoms with van der Waals surface area (Å²) in [6.45, 7) is 1.80. The number of hydrogen-bond donors (Lipinski definition) is 1. The summed E-state index contributed by atoms with van der Waals surface area (Å²) in [5.41, 5.74) is 0.594. The number of hydrogen-bond acceptors (Lipinski definition) is 4. The third kappa shape index (κ3) is 4.56. The molecule has 6 nitrogen and oxygen atoms in total. The first-order valence-electron chi connectivity index (χ1n) is 7.20. The van der Waals surface area contributed by atoms with Crippen LogP contribution in [0.4, 0.5) is 0 Å². The second-order valence-corrected chi connectivity index (χ2v) is 5.39. The van der Waals surface area contributed by atoms with Crippen molar-refractivity contribution >= 4 is 17.5 Å². The number of methoxy groups -OCH3 is 1. The standard InChI is InChI=1S/C16H18ClN3O3/c1-3-13(11-4-6-12(17)7-5-11)18-14(21)10-20-16(22)9-8-15(19-20)23-2/h4-9,13H,3,10H2,1-2H3,(H,18,21). The number of carbonyl (C=O) groups excluding carboxylic acids is 1. The van der Waals surface area contributed by atoms with Gasteiger partial charge >= 0.3 is 0 Å². The molecule has 0 aliphatic heterocycles. The second-order valence-electron chi connectivity index (χ2n) is 4.95. The number of nitrogens with zero attached hydrogens (tertiary/aromatic N) is 2. The average molecular weight is 336 g/mol. The second kappa shape index (κ2) is 7.78. The summed E-state index contributed by atoms with van der Waals surface area (Å²) < 4.78 is 6.03. The average Bonchev–Trinajstić information content (AvgIpc) is 2.55. The van der Waals surface area contributed by atoms with Crippen LogP contribution in [0.3, 0.4) is 0 Å². The van der Waals surface area contributed by atoms with E-state index in [-0.39, 0.29) is 29.9 Å². The number of amides is 1. The van der Waals surface area contributed by atoms with Crippen LogP contribution in [0.25, 0.3) is 0 Å². The molecule has 1 amide bonds. The minimum Gasteiger partial charge on any atom is -0.480 e. The molecule has 0 radical (unpaired) electrons. The molecule has 0 aliphatic carbocycles. The van der Waals surface area contributed by atoms with Gasteiger partial charge in [-0.25, -0.2) is 4.68 Å². The Morgan fingerprint density at radius 1 is 1.30 bits per heavy atom. The molecule has 1 atom stereocenters. The normalized spacial score (nSPS) is 11.8. The fourth-order valence-electron chi connectivity index (χ4n) is 2.14. The fraction of sp³-hybridized carbons (Fsp3) is 0.312. The zero-order valence-electron chi connectivity index (χ0n) is 13.0. The Balaban J connectivity index is 2.08. The zero-order valence-corrected chi connectivity index (χ0v) is 13.7. The van der Waals surface area contributed by atoms with Crippen LogP contribution in [0.5, 0.6) is 5.88 Å². The van der Waals surface area contributed by atoms with E-state index in [1.54, 1.807) is 12.1 Å². The van der Waals surface area contributed by atoms with Crippen LogP contribution < -0.4 is 15.6 Å². The van der Waals surface area contributed by atoms with Crippen molar-refractivity contribution in [2.75, 3.05) is 7.11 Å². The van der Waals surface area contributed by atoms with Crippen molar-refractivity contribution < 1.29 is 9.53 Å². The van der Waals surface area contributed by atoms with E-state index in [9.17, 15) is 9.59 Å². The van der Waals surface area contributed by atoms with Crippen molar-refractivity contribution in [1.82, 2.24) is 15.1 Å². The molecule has 0 spiro atoms. The molecule has 1 unspecified atom stereocenters. The Kier molecular flexibility index (Phi) is 5.76. The highest BCUT2D eigenvalue weighted by atomic mass is 35.5. The van der Waals surface area contributed by atoms with E-state index in [2.05, 4.69) is 10.4 Å². The lowest BCUT2D eigenvalue weighted by Crippen LogP contribution is -2.35. The van der Waals surface area contributed by atoms with Gasteiger partial charge in [-0.15, -0.1) is 5.10 Å². The van der Waals surface area contributed by atoms with Crippen LogP contribution in [-0.2, 0) is 11.3 Å². The molecule has 23 heavy (non-hydrogen) atoms. The Bertz CT molecular complexity index is 728. The molecule has 2 rings (SSSR count). The Morgan fingerprint density at radius 3 is 2.61 bits per heavy atom. The summed E-state index contributed by atoms with van der Waals surface area (Å²) >= 11 is 5.87. The first-order valence-corrected chi connectivity index (χ1v) is 7.58. The molecule has 1 aromatic heterocycles. The van der Waals surface area contributed by atoms with Gasteiger partial charge in [0.05, 0.1) is 13.2 Å². The van der Waals surface area contributed by atoms with Gasteiger partial charge in [-0.3, -0.25) is 9.59 Å².